The molecule has 0 saturated carbocycles. The summed E-state index contributed by atoms with van der Waals surface area (Å²) < 4.78 is 16.6. The Morgan fingerprint density at radius 1 is 1.38 bits per heavy atom. The van der Waals surface area contributed by atoms with Crippen molar-refractivity contribution in [3.8, 4) is 0 Å². The number of pyridine rings is 1. The molecule has 0 fully saturated rings. The number of imidazole rings is 1. The number of amides is 1. The Morgan fingerprint density at radius 2 is 2.21 bits per heavy atom. The van der Waals surface area contributed by atoms with Crippen molar-refractivity contribution in [1.29, 1.82) is 0 Å². The first-order valence-electron chi connectivity index (χ1n) is 7.19. The van der Waals surface area contributed by atoms with Gasteiger partial charge in [-0.3, -0.25) is 14.0 Å². The zero-order valence-electron chi connectivity index (χ0n) is 12.7. The molecule has 0 aliphatic heterocycles. The van der Waals surface area contributed by atoms with Crippen molar-refractivity contribution in [3.63, 3.8) is 0 Å². The third kappa shape index (κ3) is 3.34. The number of carbonyl (C=O) groups is 1. The van der Waals surface area contributed by atoms with Gasteiger partial charge < -0.3 is 5.32 Å². The Labute approximate surface area is 151 Å². The summed E-state index contributed by atoms with van der Waals surface area (Å²) in [4.78, 5) is 21.3. The van der Waals surface area contributed by atoms with Crippen LogP contribution in [0.3, 0.4) is 0 Å². The summed E-state index contributed by atoms with van der Waals surface area (Å²) in [6.45, 7) is 2.10. The number of nitrogens with one attached hydrogen (secondary N) is 2. The third-order valence-corrected chi connectivity index (χ3v) is 3.99. The molecule has 0 saturated heterocycles. The zero-order chi connectivity index (χ0) is 17.1. The number of anilines is 2. The molecule has 0 radical (unpaired) electrons. The number of rotatable bonds is 5. The zero-order valence-corrected chi connectivity index (χ0v) is 14.9. The molecule has 0 aliphatic carbocycles. The molecule has 3 rings (SSSR count). The molecule has 2 aromatic heterocycles. The number of aromatic nitrogens is 2. The maximum absolute atomic E-state index is 14.2. The molecular weight excluding hydrogens is 426 g/mol. The molecule has 6 nitrogen and oxygen atoms in total. The number of hydrogen-bond donors (Lipinski definition) is 2. The van der Waals surface area contributed by atoms with Gasteiger partial charge in [0.1, 0.15) is 18.0 Å². The average Bonchev–Trinajstić information content (AvgIpc) is 3.04. The number of hydroxylamine groups is 1. The Morgan fingerprint density at radius 3 is 2.96 bits per heavy atom. The lowest BCUT2D eigenvalue weighted by atomic mass is 10.2. The Hall–Kier alpha value is -2.20. The van der Waals surface area contributed by atoms with E-state index in [-0.39, 0.29) is 5.69 Å². The molecule has 2 heterocycles. The smallest absolute Gasteiger partial charge is 0.278 e. The maximum atomic E-state index is 14.2. The molecule has 1 aromatic carbocycles. The van der Waals surface area contributed by atoms with Crippen molar-refractivity contribution in [1.82, 2.24) is 14.9 Å². The normalized spacial score (nSPS) is 10.8. The van der Waals surface area contributed by atoms with E-state index in [4.69, 9.17) is 4.84 Å². The molecule has 1 amide bonds. The lowest BCUT2D eigenvalue weighted by molar-refractivity contribution is 0.0365. The fourth-order valence-corrected chi connectivity index (χ4v) is 2.67. The summed E-state index contributed by atoms with van der Waals surface area (Å²) in [6, 6.07) is 8.20. The van der Waals surface area contributed by atoms with E-state index in [1.165, 1.54) is 6.07 Å². The van der Waals surface area contributed by atoms with Gasteiger partial charge >= 0.3 is 0 Å². The Kier molecular flexibility index (Phi) is 4.95. The Bertz CT molecular complexity index is 897. The topological polar surface area (TPSA) is 67.7 Å². The van der Waals surface area contributed by atoms with Crippen LogP contribution in [0.2, 0.25) is 0 Å². The SMILES string of the molecule is CCONC(=O)c1ccc2cncn2c1Nc1ccc(I)cc1F. The molecule has 0 unspecified atom stereocenters. The monoisotopic (exact) mass is 440 g/mol. The van der Waals surface area contributed by atoms with E-state index in [2.05, 4.69) is 15.8 Å². The second-order valence-electron chi connectivity index (χ2n) is 4.90. The summed E-state index contributed by atoms with van der Waals surface area (Å²) >= 11 is 2.04. The number of benzene rings is 1. The minimum Gasteiger partial charge on any atom is -0.338 e. The second kappa shape index (κ2) is 7.14. The van der Waals surface area contributed by atoms with Crippen LogP contribution in [-0.4, -0.2) is 21.9 Å². The minimum absolute atomic E-state index is 0.266. The van der Waals surface area contributed by atoms with Crippen LogP contribution in [0.1, 0.15) is 17.3 Å². The quantitative estimate of drug-likeness (QED) is 0.471. The first-order valence-corrected chi connectivity index (χ1v) is 8.27. The minimum atomic E-state index is -0.430. The van der Waals surface area contributed by atoms with E-state index in [1.807, 2.05) is 22.6 Å². The van der Waals surface area contributed by atoms with E-state index in [0.29, 0.717) is 18.0 Å². The molecule has 0 bridgehead atoms. The largest absolute Gasteiger partial charge is 0.338 e. The van der Waals surface area contributed by atoms with E-state index >= 15 is 0 Å². The number of hydrogen-bond acceptors (Lipinski definition) is 4. The van der Waals surface area contributed by atoms with E-state index in [1.54, 1.807) is 48.1 Å². The fraction of sp³-hybridized carbons (Fsp3) is 0.125. The van der Waals surface area contributed by atoms with Crippen LogP contribution < -0.4 is 10.8 Å². The van der Waals surface area contributed by atoms with Crippen LogP contribution in [-0.2, 0) is 4.84 Å². The predicted octanol–water partition coefficient (Wildman–Crippen LogP) is 3.50. The van der Waals surface area contributed by atoms with Crippen LogP contribution in [0, 0.1) is 9.39 Å². The lowest BCUT2D eigenvalue weighted by Crippen LogP contribution is -2.25. The van der Waals surface area contributed by atoms with Crippen LogP contribution >= 0.6 is 22.6 Å². The van der Waals surface area contributed by atoms with Crippen LogP contribution in [0.25, 0.3) is 5.52 Å². The van der Waals surface area contributed by atoms with E-state index in [9.17, 15) is 9.18 Å². The molecule has 124 valence electrons. The van der Waals surface area contributed by atoms with Gasteiger partial charge in [-0.1, -0.05) is 0 Å². The number of halogens is 2. The van der Waals surface area contributed by atoms with Crippen LogP contribution in [0.4, 0.5) is 15.9 Å². The van der Waals surface area contributed by atoms with Crippen molar-refractivity contribution in [2.75, 3.05) is 11.9 Å². The first-order chi connectivity index (χ1) is 11.6. The van der Waals surface area contributed by atoms with Gasteiger partial charge in [-0.25, -0.2) is 14.9 Å². The molecule has 2 N–H and O–H groups in total. The first kappa shape index (κ1) is 16.7. The summed E-state index contributed by atoms with van der Waals surface area (Å²) in [5.41, 5.74) is 3.70. The standard InChI is InChI=1S/C16H14FIN4O2/c1-2-24-21-16(23)12-5-4-11-8-19-9-22(11)15(12)20-14-6-3-10(18)7-13(14)17/h3-9,20H,2H2,1H3,(H,21,23). The van der Waals surface area contributed by atoms with Gasteiger partial charge in [-0.15, -0.1) is 0 Å². The van der Waals surface area contributed by atoms with Crippen LogP contribution in [0.5, 0.6) is 0 Å². The van der Waals surface area contributed by atoms with Crippen molar-refractivity contribution in [2.45, 2.75) is 6.92 Å². The second-order valence-corrected chi connectivity index (χ2v) is 6.14. The van der Waals surface area contributed by atoms with Gasteiger partial charge in [-0.05, 0) is 59.8 Å². The number of fused-ring (bicyclic) bond motifs is 1. The summed E-state index contributed by atoms with van der Waals surface area (Å²) in [5.74, 6) is -0.432. The molecule has 0 atom stereocenters. The lowest BCUT2D eigenvalue weighted by Gasteiger charge is -2.15. The third-order valence-electron chi connectivity index (χ3n) is 3.32. The highest BCUT2D eigenvalue weighted by atomic mass is 127. The average molecular weight is 440 g/mol. The highest BCUT2D eigenvalue weighted by Gasteiger charge is 2.16. The highest BCUT2D eigenvalue weighted by molar-refractivity contribution is 14.1. The molecular formula is C16H14FIN4O2. The van der Waals surface area contributed by atoms with Crippen LogP contribution in [0.15, 0.2) is 42.9 Å². The van der Waals surface area contributed by atoms with Gasteiger partial charge in [0, 0.05) is 3.57 Å². The van der Waals surface area contributed by atoms with Crippen molar-refractivity contribution in [3.05, 3.63) is 57.8 Å². The van der Waals surface area contributed by atoms with Crippen molar-refractivity contribution < 1.29 is 14.0 Å². The predicted molar refractivity (Wildman–Crippen MR) is 96.7 cm³/mol. The van der Waals surface area contributed by atoms with Crippen molar-refractivity contribution in [2.24, 2.45) is 0 Å². The number of nitrogens with zero attached hydrogens (tertiary/aromatic N) is 2. The van der Waals surface area contributed by atoms with Gasteiger partial charge in [0.2, 0.25) is 0 Å². The highest BCUT2D eigenvalue weighted by Crippen LogP contribution is 2.25. The summed E-state index contributed by atoms with van der Waals surface area (Å²) in [7, 11) is 0. The van der Waals surface area contributed by atoms with Gasteiger partial charge in [0.15, 0.2) is 0 Å². The van der Waals surface area contributed by atoms with E-state index < -0.39 is 11.7 Å². The number of carbonyl (C=O) groups excluding carboxylic acids is 1. The molecule has 24 heavy (non-hydrogen) atoms. The summed E-state index contributed by atoms with van der Waals surface area (Å²) in [6.07, 6.45) is 3.21. The fourth-order valence-electron chi connectivity index (χ4n) is 2.21. The summed E-state index contributed by atoms with van der Waals surface area (Å²) in [5, 5.41) is 2.98. The van der Waals surface area contributed by atoms with E-state index in [0.717, 1.165) is 9.09 Å². The van der Waals surface area contributed by atoms with Crippen molar-refractivity contribution >= 4 is 45.5 Å². The maximum Gasteiger partial charge on any atom is 0.278 e. The molecule has 0 spiro atoms. The van der Waals surface area contributed by atoms with Gasteiger partial charge in [-0.2, -0.15) is 0 Å². The molecule has 3 aromatic rings. The molecule has 8 heteroatoms. The molecule has 0 aliphatic rings. The Balaban J connectivity index is 2.06. The van der Waals surface area contributed by atoms with Gasteiger partial charge in [0.05, 0.1) is 29.6 Å². The van der Waals surface area contributed by atoms with Gasteiger partial charge in [0.25, 0.3) is 5.91 Å².